The highest BCUT2D eigenvalue weighted by atomic mass is 32.2. The summed E-state index contributed by atoms with van der Waals surface area (Å²) in [5, 5.41) is 9.73. The van der Waals surface area contributed by atoms with Gasteiger partial charge in [0, 0.05) is 24.5 Å². The van der Waals surface area contributed by atoms with Gasteiger partial charge in [-0.3, -0.25) is 4.57 Å². The van der Waals surface area contributed by atoms with Crippen molar-refractivity contribution >= 4 is 29.5 Å². The van der Waals surface area contributed by atoms with E-state index in [0.29, 0.717) is 0 Å². The summed E-state index contributed by atoms with van der Waals surface area (Å²) in [5.41, 5.74) is 2.32. The summed E-state index contributed by atoms with van der Waals surface area (Å²) in [6, 6.07) is 18.4. The zero-order valence-electron chi connectivity index (χ0n) is 14.6. The first-order valence-electron chi connectivity index (χ1n) is 8.54. The monoisotopic (exact) mass is 364 g/mol. The molecule has 0 aliphatic carbocycles. The molecule has 26 heavy (non-hydrogen) atoms. The smallest absolute Gasteiger partial charge is 0.232 e. The maximum Gasteiger partial charge on any atom is 0.232 e. The van der Waals surface area contributed by atoms with Crippen LogP contribution in [0.5, 0.6) is 5.75 Å². The van der Waals surface area contributed by atoms with Crippen molar-refractivity contribution in [3.8, 4) is 5.75 Å². The Balaban J connectivity index is 1.42. The molecule has 0 spiro atoms. The molecular weight excluding hydrogens is 344 g/mol. The summed E-state index contributed by atoms with van der Waals surface area (Å²) in [4.78, 5) is 2.19. The van der Waals surface area contributed by atoms with Gasteiger partial charge in [0.25, 0.3) is 0 Å². The maximum atomic E-state index is 5.23. The third-order valence-electron chi connectivity index (χ3n) is 4.29. The lowest BCUT2D eigenvalue weighted by Gasteiger charge is -2.15. The van der Waals surface area contributed by atoms with Gasteiger partial charge in [-0.1, -0.05) is 54.2 Å². The summed E-state index contributed by atoms with van der Waals surface area (Å²) in [7, 11) is 1.68. The van der Waals surface area contributed by atoms with Crippen molar-refractivity contribution < 1.29 is 4.74 Å². The van der Waals surface area contributed by atoms with Gasteiger partial charge in [0.2, 0.25) is 5.95 Å². The average molecular weight is 364 g/mol. The Bertz CT molecular complexity index is 890. The predicted molar refractivity (Wildman–Crippen MR) is 106 cm³/mol. The molecule has 4 rings (SSSR count). The zero-order chi connectivity index (χ0) is 17.8. The fraction of sp³-hybridized carbons (Fsp3) is 0.200. The van der Waals surface area contributed by atoms with Gasteiger partial charge in [0.15, 0.2) is 5.16 Å². The Morgan fingerprint density at radius 2 is 1.85 bits per heavy atom. The number of benzene rings is 2. The number of ether oxygens (including phenoxy) is 1. The standard InChI is InChI=1S/C20H20N4OS/c1-25-18-11-9-17(10-12-18)23-13-14-24-19(23)21-22-20(24)26-15-5-8-16-6-3-2-4-7-16/h2-12H,13-15H2,1H3/b8-5+. The van der Waals surface area contributed by atoms with Crippen LogP contribution in [0.4, 0.5) is 11.6 Å². The van der Waals surface area contributed by atoms with E-state index in [2.05, 4.69) is 56.1 Å². The minimum absolute atomic E-state index is 0.857. The largest absolute Gasteiger partial charge is 0.497 e. The quantitative estimate of drug-likeness (QED) is 0.612. The molecule has 2 aromatic carbocycles. The van der Waals surface area contributed by atoms with Crippen molar-refractivity contribution in [2.45, 2.75) is 11.7 Å². The van der Waals surface area contributed by atoms with E-state index in [9.17, 15) is 0 Å². The molecule has 0 atom stereocenters. The summed E-state index contributed by atoms with van der Waals surface area (Å²) >= 11 is 1.71. The second kappa shape index (κ2) is 7.66. The fourth-order valence-electron chi connectivity index (χ4n) is 2.96. The number of nitrogens with zero attached hydrogens (tertiary/aromatic N) is 4. The van der Waals surface area contributed by atoms with E-state index in [-0.39, 0.29) is 0 Å². The Morgan fingerprint density at radius 1 is 1.04 bits per heavy atom. The van der Waals surface area contributed by atoms with E-state index < -0.39 is 0 Å². The SMILES string of the molecule is COc1ccc(N2CCn3c(SC/C=C/c4ccccc4)nnc32)cc1. The molecule has 0 N–H and O–H groups in total. The van der Waals surface area contributed by atoms with Crippen LogP contribution in [0.1, 0.15) is 5.56 Å². The topological polar surface area (TPSA) is 43.2 Å². The van der Waals surface area contributed by atoms with Gasteiger partial charge in [-0.15, -0.1) is 10.2 Å². The molecule has 0 amide bonds. The lowest BCUT2D eigenvalue weighted by atomic mass is 10.2. The average Bonchev–Trinajstić information content (AvgIpc) is 3.29. The molecule has 5 nitrogen and oxygen atoms in total. The molecule has 132 valence electrons. The van der Waals surface area contributed by atoms with E-state index in [1.54, 1.807) is 18.9 Å². The van der Waals surface area contributed by atoms with Crippen LogP contribution >= 0.6 is 11.8 Å². The molecule has 1 aromatic heterocycles. The number of fused-ring (bicyclic) bond motifs is 1. The van der Waals surface area contributed by atoms with Gasteiger partial charge in [0.1, 0.15) is 5.75 Å². The summed E-state index contributed by atoms with van der Waals surface area (Å²) in [6.07, 6.45) is 4.30. The maximum absolute atomic E-state index is 5.23. The van der Waals surface area contributed by atoms with Crippen molar-refractivity contribution in [1.82, 2.24) is 14.8 Å². The van der Waals surface area contributed by atoms with Crippen molar-refractivity contribution in [1.29, 1.82) is 0 Å². The Morgan fingerprint density at radius 3 is 2.62 bits per heavy atom. The van der Waals surface area contributed by atoms with Crippen molar-refractivity contribution in [3.05, 3.63) is 66.2 Å². The third kappa shape index (κ3) is 3.46. The zero-order valence-corrected chi connectivity index (χ0v) is 15.4. The van der Waals surface area contributed by atoms with Gasteiger partial charge in [0.05, 0.1) is 7.11 Å². The van der Waals surface area contributed by atoms with Crippen molar-refractivity contribution in [2.75, 3.05) is 24.3 Å². The Hall–Kier alpha value is -2.73. The lowest BCUT2D eigenvalue weighted by molar-refractivity contribution is 0.415. The molecule has 1 aliphatic rings. The van der Waals surface area contributed by atoms with E-state index in [4.69, 9.17) is 4.74 Å². The minimum atomic E-state index is 0.857. The van der Waals surface area contributed by atoms with E-state index in [0.717, 1.165) is 41.4 Å². The lowest BCUT2D eigenvalue weighted by Crippen LogP contribution is -2.14. The van der Waals surface area contributed by atoms with Gasteiger partial charge >= 0.3 is 0 Å². The van der Waals surface area contributed by atoms with E-state index in [1.807, 2.05) is 30.3 Å². The van der Waals surface area contributed by atoms with E-state index in [1.165, 1.54) is 5.56 Å². The highest BCUT2D eigenvalue weighted by molar-refractivity contribution is 7.99. The second-order valence-electron chi connectivity index (χ2n) is 5.91. The number of hydrogen-bond donors (Lipinski definition) is 0. The first-order chi connectivity index (χ1) is 12.8. The van der Waals surface area contributed by atoms with E-state index >= 15 is 0 Å². The Labute approximate surface area is 157 Å². The van der Waals surface area contributed by atoms with Crippen LogP contribution in [-0.2, 0) is 6.54 Å². The molecular formula is C20H20N4OS. The molecule has 0 radical (unpaired) electrons. The molecule has 6 heteroatoms. The summed E-state index contributed by atoms with van der Waals surface area (Å²) in [6.45, 7) is 1.81. The van der Waals surface area contributed by atoms with Crippen LogP contribution in [0.25, 0.3) is 6.08 Å². The fourth-order valence-corrected chi connectivity index (χ4v) is 3.73. The first-order valence-corrected chi connectivity index (χ1v) is 9.53. The van der Waals surface area contributed by atoms with Crippen molar-refractivity contribution in [3.63, 3.8) is 0 Å². The van der Waals surface area contributed by atoms with Crippen LogP contribution in [0.3, 0.4) is 0 Å². The molecule has 3 aromatic rings. The molecule has 0 fully saturated rings. The number of rotatable bonds is 6. The molecule has 0 saturated heterocycles. The van der Waals surface area contributed by atoms with Crippen molar-refractivity contribution in [2.24, 2.45) is 0 Å². The first kappa shape index (κ1) is 16.7. The molecule has 1 aliphatic heterocycles. The summed E-state index contributed by atoms with van der Waals surface area (Å²) < 4.78 is 7.42. The van der Waals surface area contributed by atoms with Crippen LogP contribution in [0, 0.1) is 0 Å². The molecule has 0 saturated carbocycles. The Kier molecular flexibility index (Phi) is 4.93. The third-order valence-corrected chi connectivity index (χ3v) is 5.21. The second-order valence-corrected chi connectivity index (χ2v) is 6.90. The molecule has 0 unspecified atom stereocenters. The summed E-state index contributed by atoms with van der Waals surface area (Å²) in [5.74, 6) is 2.64. The minimum Gasteiger partial charge on any atom is -0.497 e. The van der Waals surface area contributed by atoms with Gasteiger partial charge < -0.3 is 9.64 Å². The number of methoxy groups -OCH3 is 1. The van der Waals surface area contributed by atoms with Gasteiger partial charge in [-0.25, -0.2) is 0 Å². The number of thioether (sulfide) groups is 1. The molecule has 0 bridgehead atoms. The van der Waals surface area contributed by atoms with Crippen LogP contribution in [0.15, 0.2) is 65.8 Å². The van der Waals surface area contributed by atoms with Gasteiger partial charge in [-0.2, -0.15) is 0 Å². The highest BCUT2D eigenvalue weighted by Gasteiger charge is 2.25. The number of anilines is 2. The highest BCUT2D eigenvalue weighted by Crippen LogP contribution is 2.32. The predicted octanol–water partition coefficient (Wildman–Crippen LogP) is 4.24. The number of hydrogen-bond acceptors (Lipinski definition) is 5. The molecule has 2 heterocycles. The number of aromatic nitrogens is 3. The van der Waals surface area contributed by atoms with Gasteiger partial charge in [-0.05, 0) is 29.8 Å². The van der Waals surface area contributed by atoms with Crippen LogP contribution in [0.2, 0.25) is 0 Å². The van der Waals surface area contributed by atoms with Crippen LogP contribution < -0.4 is 9.64 Å². The van der Waals surface area contributed by atoms with Crippen LogP contribution in [-0.4, -0.2) is 34.2 Å². The normalized spacial score (nSPS) is 13.3.